The molecule has 0 saturated carbocycles. The van der Waals surface area contributed by atoms with E-state index in [2.05, 4.69) is 15.2 Å². The van der Waals surface area contributed by atoms with Crippen LogP contribution in [0, 0.1) is 0 Å². The van der Waals surface area contributed by atoms with Crippen LogP contribution in [0.25, 0.3) is 22.5 Å². The Kier molecular flexibility index (Phi) is 5.41. The van der Waals surface area contributed by atoms with E-state index in [1.807, 2.05) is 39.8 Å². The van der Waals surface area contributed by atoms with Crippen molar-refractivity contribution in [2.75, 3.05) is 19.7 Å². The second-order valence-corrected chi connectivity index (χ2v) is 6.86. The lowest BCUT2D eigenvalue weighted by Gasteiger charge is -2.17. The number of aromatic amines is 1. The van der Waals surface area contributed by atoms with Gasteiger partial charge in [-0.3, -0.25) is 9.89 Å². The molecule has 0 atom stereocenters. The highest BCUT2D eigenvalue weighted by Crippen LogP contribution is 2.33. The molecule has 0 unspecified atom stereocenters. The number of aromatic nitrogens is 4. The Bertz CT molecular complexity index is 1010. The van der Waals surface area contributed by atoms with E-state index < -0.39 is 5.97 Å². The highest BCUT2D eigenvalue weighted by molar-refractivity contribution is 5.96. The number of nitrogens with one attached hydrogen (secondary N) is 1. The minimum Gasteiger partial charge on any atom is -0.461 e. The first-order valence-electron chi connectivity index (χ1n) is 9.78. The third-order valence-electron chi connectivity index (χ3n) is 5.04. The Morgan fingerprint density at radius 3 is 2.79 bits per heavy atom. The molecule has 1 saturated heterocycles. The maximum absolute atomic E-state index is 12.4. The van der Waals surface area contributed by atoms with E-state index >= 15 is 0 Å². The zero-order valence-electron chi connectivity index (χ0n) is 16.3. The molecule has 1 aromatic carbocycles. The fourth-order valence-corrected chi connectivity index (χ4v) is 3.63. The summed E-state index contributed by atoms with van der Waals surface area (Å²) in [7, 11) is 0. The van der Waals surface area contributed by atoms with Crippen LogP contribution in [0.2, 0.25) is 0 Å². The van der Waals surface area contributed by atoms with Crippen LogP contribution in [-0.4, -0.2) is 56.2 Å². The zero-order chi connectivity index (χ0) is 20.2. The maximum Gasteiger partial charge on any atom is 0.357 e. The van der Waals surface area contributed by atoms with E-state index in [-0.39, 0.29) is 12.5 Å². The molecule has 1 aliphatic heterocycles. The SMILES string of the molecule is CCOC(=O)c1[nH]ncc1-c1c(-c2ccccc2)ncn1CCN1CCCC1=O. The van der Waals surface area contributed by atoms with Crippen LogP contribution in [0.15, 0.2) is 42.9 Å². The molecule has 4 rings (SSSR count). The summed E-state index contributed by atoms with van der Waals surface area (Å²) in [5.41, 5.74) is 3.40. The molecule has 1 aliphatic rings. The van der Waals surface area contributed by atoms with Gasteiger partial charge in [-0.05, 0) is 13.3 Å². The molecule has 29 heavy (non-hydrogen) atoms. The second-order valence-electron chi connectivity index (χ2n) is 6.86. The Labute approximate surface area is 168 Å². The Hall–Kier alpha value is -3.42. The van der Waals surface area contributed by atoms with Crippen molar-refractivity contribution in [3.05, 3.63) is 48.5 Å². The molecule has 0 aliphatic carbocycles. The molecular formula is C21H23N5O3. The lowest BCUT2D eigenvalue weighted by Crippen LogP contribution is -2.28. The van der Waals surface area contributed by atoms with Crippen LogP contribution in [0.5, 0.6) is 0 Å². The van der Waals surface area contributed by atoms with Crippen LogP contribution in [0.1, 0.15) is 30.3 Å². The fourth-order valence-electron chi connectivity index (χ4n) is 3.63. The third-order valence-corrected chi connectivity index (χ3v) is 5.04. The summed E-state index contributed by atoms with van der Waals surface area (Å²) >= 11 is 0. The van der Waals surface area contributed by atoms with Crippen molar-refractivity contribution in [1.29, 1.82) is 0 Å². The first kappa shape index (κ1) is 18.9. The number of imidazole rings is 1. The summed E-state index contributed by atoms with van der Waals surface area (Å²) in [6.45, 7) is 4.01. The largest absolute Gasteiger partial charge is 0.461 e. The third kappa shape index (κ3) is 3.78. The Morgan fingerprint density at radius 1 is 1.24 bits per heavy atom. The lowest BCUT2D eigenvalue weighted by atomic mass is 10.1. The van der Waals surface area contributed by atoms with Crippen molar-refractivity contribution < 1.29 is 14.3 Å². The number of hydrogen-bond acceptors (Lipinski definition) is 5. The van der Waals surface area contributed by atoms with Crippen molar-refractivity contribution >= 4 is 11.9 Å². The number of amides is 1. The van der Waals surface area contributed by atoms with Crippen LogP contribution in [0.3, 0.4) is 0 Å². The second kappa shape index (κ2) is 8.30. The number of likely N-dealkylation sites (tertiary alicyclic amines) is 1. The zero-order valence-corrected chi connectivity index (χ0v) is 16.3. The van der Waals surface area contributed by atoms with Crippen molar-refractivity contribution in [3.63, 3.8) is 0 Å². The summed E-state index contributed by atoms with van der Waals surface area (Å²) in [4.78, 5) is 30.9. The molecule has 150 valence electrons. The standard InChI is InChI=1S/C21H23N5O3/c1-2-29-21(28)19-16(13-23-24-19)20-18(15-7-4-3-5-8-15)22-14-26(20)12-11-25-10-6-9-17(25)27/h3-5,7-8,13-14H,2,6,9-12H2,1H3,(H,23,24). The molecular weight excluding hydrogens is 370 g/mol. The topological polar surface area (TPSA) is 93.1 Å². The molecule has 3 heterocycles. The van der Waals surface area contributed by atoms with Gasteiger partial charge in [-0.15, -0.1) is 0 Å². The average molecular weight is 393 g/mol. The van der Waals surface area contributed by atoms with Crippen molar-refractivity contribution in [3.8, 4) is 22.5 Å². The molecule has 2 aromatic heterocycles. The number of carbonyl (C=O) groups excluding carboxylic acids is 2. The minimum atomic E-state index is -0.457. The van der Waals surface area contributed by atoms with Gasteiger partial charge in [0.1, 0.15) is 0 Å². The smallest absolute Gasteiger partial charge is 0.357 e. The summed E-state index contributed by atoms with van der Waals surface area (Å²) in [5, 5.41) is 6.83. The van der Waals surface area contributed by atoms with E-state index in [4.69, 9.17) is 4.74 Å². The number of carbonyl (C=O) groups is 2. The molecule has 8 nitrogen and oxygen atoms in total. The predicted molar refractivity (Wildman–Crippen MR) is 107 cm³/mol. The summed E-state index contributed by atoms with van der Waals surface area (Å²) < 4.78 is 7.15. The van der Waals surface area contributed by atoms with Gasteiger partial charge in [-0.25, -0.2) is 9.78 Å². The molecule has 3 aromatic rings. The van der Waals surface area contributed by atoms with Gasteiger partial charge in [0.25, 0.3) is 0 Å². The Morgan fingerprint density at radius 2 is 2.07 bits per heavy atom. The molecule has 1 amide bonds. The number of esters is 1. The van der Waals surface area contributed by atoms with Crippen LogP contribution >= 0.6 is 0 Å². The van der Waals surface area contributed by atoms with Gasteiger partial charge < -0.3 is 14.2 Å². The van der Waals surface area contributed by atoms with Crippen LogP contribution in [0.4, 0.5) is 0 Å². The van der Waals surface area contributed by atoms with Crippen molar-refractivity contribution in [2.24, 2.45) is 0 Å². The molecule has 0 bridgehead atoms. The van der Waals surface area contributed by atoms with E-state index in [1.165, 1.54) is 0 Å². The summed E-state index contributed by atoms with van der Waals surface area (Å²) in [5.74, 6) is -0.271. The fraction of sp³-hybridized carbons (Fsp3) is 0.333. The predicted octanol–water partition coefficient (Wildman–Crippen LogP) is 2.74. The normalized spacial score (nSPS) is 13.8. The first-order valence-corrected chi connectivity index (χ1v) is 9.78. The van der Waals surface area contributed by atoms with E-state index in [0.29, 0.717) is 30.8 Å². The highest BCUT2D eigenvalue weighted by atomic mass is 16.5. The van der Waals surface area contributed by atoms with Gasteiger partial charge in [0.05, 0.1) is 36.1 Å². The summed E-state index contributed by atoms with van der Waals surface area (Å²) in [6, 6.07) is 9.79. The van der Waals surface area contributed by atoms with Gasteiger partial charge >= 0.3 is 5.97 Å². The van der Waals surface area contributed by atoms with Gasteiger partial charge in [0.15, 0.2) is 5.69 Å². The van der Waals surface area contributed by atoms with Gasteiger partial charge in [0, 0.05) is 31.6 Å². The minimum absolute atomic E-state index is 0.186. The number of hydrogen-bond donors (Lipinski definition) is 1. The van der Waals surface area contributed by atoms with Crippen molar-refractivity contribution in [2.45, 2.75) is 26.3 Å². The van der Waals surface area contributed by atoms with Gasteiger partial charge in [-0.1, -0.05) is 30.3 Å². The molecule has 1 N–H and O–H groups in total. The first-order chi connectivity index (χ1) is 14.2. The number of rotatable bonds is 7. The van der Waals surface area contributed by atoms with Gasteiger partial charge in [-0.2, -0.15) is 5.10 Å². The van der Waals surface area contributed by atoms with Crippen LogP contribution in [-0.2, 0) is 16.1 Å². The number of nitrogens with zero attached hydrogens (tertiary/aromatic N) is 4. The average Bonchev–Trinajstić information content (AvgIpc) is 3.46. The highest BCUT2D eigenvalue weighted by Gasteiger charge is 2.25. The van der Waals surface area contributed by atoms with E-state index in [0.717, 1.165) is 29.9 Å². The number of ether oxygens (including phenoxy) is 1. The van der Waals surface area contributed by atoms with E-state index in [1.54, 1.807) is 19.4 Å². The van der Waals surface area contributed by atoms with E-state index in [9.17, 15) is 9.59 Å². The molecule has 0 radical (unpaired) electrons. The Balaban J connectivity index is 1.74. The monoisotopic (exact) mass is 393 g/mol. The molecule has 1 fully saturated rings. The quantitative estimate of drug-likeness (QED) is 0.623. The van der Waals surface area contributed by atoms with Crippen molar-refractivity contribution in [1.82, 2.24) is 24.6 Å². The lowest BCUT2D eigenvalue weighted by molar-refractivity contribution is -0.127. The summed E-state index contributed by atoms with van der Waals surface area (Å²) in [6.07, 6.45) is 4.88. The number of H-pyrrole nitrogens is 1. The molecule has 8 heteroatoms. The van der Waals surface area contributed by atoms with Crippen LogP contribution < -0.4 is 0 Å². The maximum atomic E-state index is 12.4. The van der Waals surface area contributed by atoms with Gasteiger partial charge in [0.2, 0.25) is 5.91 Å². The molecule has 0 spiro atoms. The number of benzene rings is 1.